The molecule has 1 aliphatic rings. The number of hydrogen-bond acceptors (Lipinski definition) is 8. The van der Waals surface area contributed by atoms with Gasteiger partial charge >= 0.3 is 11.9 Å². The molecule has 0 aromatic carbocycles. The highest BCUT2D eigenvalue weighted by Crippen LogP contribution is 1.92. The number of esters is 2. The van der Waals surface area contributed by atoms with Crippen molar-refractivity contribution in [3.8, 4) is 0 Å². The van der Waals surface area contributed by atoms with E-state index in [0.29, 0.717) is 0 Å². The first-order valence-corrected chi connectivity index (χ1v) is 9.22. The number of carbonyl (C=O) groups excluding carboxylic acids is 2. The summed E-state index contributed by atoms with van der Waals surface area (Å²) in [6.07, 6.45) is 2.17. The van der Waals surface area contributed by atoms with Crippen LogP contribution in [0.5, 0.6) is 0 Å². The normalized spacial score (nSPS) is 7.76. The molecule has 13 nitrogen and oxygen atoms in total. The Morgan fingerprint density at radius 2 is 0.595 bits per heavy atom. The molecule has 1 rings (SSSR count). The summed E-state index contributed by atoms with van der Waals surface area (Å²) < 4.78 is 3.97. The SMILES string of the molecule is C=C.C=C.C=C.C=C(C)C.CC(=O)O.CC(=O)O.CC(=O)O.CC(=O)O.CC(=O)O.O=C1C=CC(=O)O1. The van der Waals surface area contributed by atoms with E-state index in [2.05, 4.69) is 50.8 Å². The van der Waals surface area contributed by atoms with Crippen molar-refractivity contribution in [2.75, 3.05) is 0 Å². The molecule has 0 atom stereocenters. The number of ether oxygens (including phenoxy) is 1. The van der Waals surface area contributed by atoms with Gasteiger partial charge in [0.15, 0.2) is 0 Å². The molecule has 0 aromatic heterocycles. The predicted octanol–water partition coefficient (Wildman–Crippen LogP) is 4.07. The van der Waals surface area contributed by atoms with Crippen LogP contribution in [0.25, 0.3) is 0 Å². The second-order valence-electron chi connectivity index (χ2n) is 4.88. The highest BCUT2D eigenvalue weighted by atomic mass is 16.6. The number of carboxylic acid groups (broad SMARTS) is 5. The summed E-state index contributed by atoms with van der Waals surface area (Å²) >= 11 is 0. The average Bonchev–Trinajstić information content (AvgIpc) is 3.07. The molecule has 0 fully saturated rings. The maximum absolute atomic E-state index is 9.92. The molecule has 0 unspecified atom stereocenters. The molecule has 1 aliphatic heterocycles. The third-order valence-corrected chi connectivity index (χ3v) is 0.557. The van der Waals surface area contributed by atoms with Crippen LogP contribution in [0.4, 0.5) is 0 Å². The number of aliphatic carboxylic acids is 5. The predicted molar refractivity (Wildman–Crippen MR) is 141 cm³/mol. The van der Waals surface area contributed by atoms with E-state index in [-0.39, 0.29) is 0 Å². The lowest BCUT2D eigenvalue weighted by molar-refractivity contribution is -0.150. The first-order chi connectivity index (χ1) is 16.7. The summed E-state index contributed by atoms with van der Waals surface area (Å²) in [4.78, 5) is 64.8. The smallest absolute Gasteiger partial charge is 0.338 e. The van der Waals surface area contributed by atoms with Crippen molar-refractivity contribution in [1.29, 1.82) is 0 Å². The molecule has 216 valence electrons. The number of cyclic esters (lactones) is 2. The van der Waals surface area contributed by atoms with E-state index in [9.17, 15) is 9.59 Å². The van der Waals surface area contributed by atoms with Gasteiger partial charge in [0.2, 0.25) is 0 Å². The van der Waals surface area contributed by atoms with Crippen LogP contribution >= 0.6 is 0 Å². The van der Waals surface area contributed by atoms with Crippen molar-refractivity contribution < 1.29 is 63.8 Å². The van der Waals surface area contributed by atoms with E-state index < -0.39 is 41.8 Å². The lowest BCUT2D eigenvalue weighted by Crippen LogP contribution is -1.96. The van der Waals surface area contributed by atoms with Gasteiger partial charge in [-0.05, 0) is 13.8 Å². The van der Waals surface area contributed by atoms with E-state index in [1.165, 1.54) is 5.57 Å². The molecule has 0 amide bonds. The number of carbonyl (C=O) groups is 7. The van der Waals surface area contributed by atoms with Gasteiger partial charge in [0, 0.05) is 46.8 Å². The fourth-order valence-electron chi connectivity index (χ4n) is 0.303. The van der Waals surface area contributed by atoms with Crippen molar-refractivity contribution in [1.82, 2.24) is 0 Å². The summed E-state index contributed by atoms with van der Waals surface area (Å²) in [6, 6.07) is 0. The first kappa shape index (κ1) is 58.2. The van der Waals surface area contributed by atoms with E-state index in [1.54, 1.807) is 0 Å². The van der Waals surface area contributed by atoms with E-state index in [0.717, 1.165) is 46.8 Å². The number of carboxylic acids is 5. The highest BCUT2D eigenvalue weighted by molar-refractivity contribution is 6.04. The molecule has 5 N–H and O–H groups in total. The van der Waals surface area contributed by atoms with E-state index in [1.807, 2.05) is 13.8 Å². The van der Waals surface area contributed by atoms with Crippen LogP contribution in [-0.2, 0) is 38.3 Å². The van der Waals surface area contributed by atoms with Gasteiger partial charge in [-0.15, -0.1) is 46.1 Å². The Kier molecular flexibility index (Phi) is 90.9. The molecule has 0 saturated carbocycles. The standard InChI is InChI=1S/C4H2O3.C4H8.5C2H4O2.3C2H4/c5-3-1-2-4(6)7-3;1-4(2)3;5*1-2(3)4;3*1-2/h1-2H;1H2,2-3H3;5*1H3,(H,3,4);3*1-2H2. The van der Waals surface area contributed by atoms with Crippen LogP contribution in [0.15, 0.2) is 63.8 Å². The first-order valence-electron chi connectivity index (χ1n) is 9.22. The molecule has 0 radical (unpaired) electrons. The summed E-state index contributed by atoms with van der Waals surface area (Å²) in [5.41, 5.74) is 1.17. The summed E-state index contributed by atoms with van der Waals surface area (Å²) in [6.45, 7) is 30.9. The minimum atomic E-state index is -0.833. The molecule has 1 heterocycles. The van der Waals surface area contributed by atoms with Crippen molar-refractivity contribution in [3.63, 3.8) is 0 Å². The molecule has 0 aliphatic carbocycles. The molecular formula is C24H42O13. The molecule has 13 heteroatoms. The fraction of sp³-hybridized carbons (Fsp3) is 0.292. The van der Waals surface area contributed by atoms with Gasteiger partial charge in [-0.25, -0.2) is 9.59 Å². The maximum atomic E-state index is 9.92. The van der Waals surface area contributed by atoms with Crippen molar-refractivity contribution >= 4 is 41.8 Å². The minimum Gasteiger partial charge on any atom is -0.481 e. The average molecular weight is 539 g/mol. The summed E-state index contributed by atoms with van der Waals surface area (Å²) in [5, 5.41) is 37.1. The molecule has 0 spiro atoms. The van der Waals surface area contributed by atoms with Crippen LogP contribution in [0, 0.1) is 0 Å². The largest absolute Gasteiger partial charge is 0.481 e. The van der Waals surface area contributed by atoms with Crippen LogP contribution in [0.1, 0.15) is 48.5 Å². The van der Waals surface area contributed by atoms with Gasteiger partial charge in [0.1, 0.15) is 0 Å². The van der Waals surface area contributed by atoms with E-state index in [4.69, 9.17) is 49.5 Å². The molecule has 0 saturated heterocycles. The third-order valence-electron chi connectivity index (χ3n) is 0.557. The van der Waals surface area contributed by atoms with E-state index >= 15 is 0 Å². The zero-order valence-corrected chi connectivity index (χ0v) is 22.6. The summed E-state index contributed by atoms with van der Waals surface area (Å²) in [7, 11) is 0. The quantitative estimate of drug-likeness (QED) is 0.166. The van der Waals surface area contributed by atoms with Gasteiger partial charge < -0.3 is 30.3 Å². The van der Waals surface area contributed by atoms with Crippen LogP contribution < -0.4 is 0 Å². The Morgan fingerprint density at radius 3 is 0.622 bits per heavy atom. The van der Waals surface area contributed by atoms with Crippen molar-refractivity contribution in [2.24, 2.45) is 0 Å². The number of hydrogen-bond donors (Lipinski definition) is 5. The molecular weight excluding hydrogens is 496 g/mol. The van der Waals surface area contributed by atoms with Gasteiger partial charge in [-0.1, -0.05) is 5.57 Å². The summed E-state index contributed by atoms with van der Waals surface area (Å²) in [5.74, 6) is -5.32. The van der Waals surface area contributed by atoms with Crippen molar-refractivity contribution in [2.45, 2.75) is 48.5 Å². The molecule has 0 aromatic rings. The highest BCUT2D eigenvalue weighted by Gasteiger charge is 2.10. The van der Waals surface area contributed by atoms with Gasteiger partial charge in [0.05, 0.1) is 0 Å². The molecule has 0 bridgehead atoms. The lowest BCUT2D eigenvalue weighted by Gasteiger charge is -1.80. The Morgan fingerprint density at radius 1 is 0.514 bits per heavy atom. The minimum absolute atomic E-state index is 0.579. The Hall–Kier alpha value is -4.81. The van der Waals surface area contributed by atoms with Crippen LogP contribution in [0.3, 0.4) is 0 Å². The molecule has 37 heavy (non-hydrogen) atoms. The maximum Gasteiger partial charge on any atom is 0.338 e. The Bertz CT molecular complexity index is 526. The Balaban J connectivity index is -0.0000000346. The van der Waals surface area contributed by atoms with Crippen LogP contribution in [0.2, 0.25) is 0 Å². The van der Waals surface area contributed by atoms with Crippen LogP contribution in [-0.4, -0.2) is 67.3 Å². The zero-order chi connectivity index (χ0) is 32.7. The number of rotatable bonds is 0. The van der Waals surface area contributed by atoms with Gasteiger partial charge in [-0.2, -0.15) is 0 Å². The van der Waals surface area contributed by atoms with Gasteiger partial charge in [-0.3, -0.25) is 24.0 Å². The van der Waals surface area contributed by atoms with Crippen molar-refractivity contribution in [3.05, 3.63) is 63.8 Å². The lowest BCUT2D eigenvalue weighted by atomic mass is 10.4. The monoisotopic (exact) mass is 538 g/mol. The second kappa shape index (κ2) is 57.7. The zero-order valence-electron chi connectivity index (χ0n) is 22.6. The fourth-order valence-corrected chi connectivity index (χ4v) is 0.303. The third kappa shape index (κ3) is 1510. The van der Waals surface area contributed by atoms with Gasteiger partial charge in [0.25, 0.3) is 29.8 Å². The number of allylic oxidation sites excluding steroid dienone is 1. The topological polar surface area (TPSA) is 230 Å². The second-order valence-corrected chi connectivity index (χ2v) is 4.88. The Labute approximate surface area is 218 Å².